The lowest BCUT2D eigenvalue weighted by Gasteiger charge is -2.27. The van der Waals surface area contributed by atoms with Crippen LogP contribution in [0.15, 0.2) is 158 Å². The number of fused-ring (bicyclic) bond motifs is 4. The van der Waals surface area contributed by atoms with Gasteiger partial charge in [-0.25, -0.2) is 4.98 Å². The minimum Gasteiger partial charge on any atom is -0.310 e. The van der Waals surface area contributed by atoms with Gasteiger partial charge in [0.1, 0.15) is 4.83 Å². The molecule has 0 aliphatic rings. The first kappa shape index (κ1) is 24.5. The summed E-state index contributed by atoms with van der Waals surface area (Å²) in [6, 6.07) is 54.2. The maximum atomic E-state index is 4.78. The summed E-state index contributed by atoms with van der Waals surface area (Å²) in [4.78, 5) is 8.19. The maximum Gasteiger partial charge on any atom is 0.126 e. The van der Waals surface area contributed by atoms with Crippen molar-refractivity contribution >= 4 is 59.5 Å². The third kappa shape index (κ3) is 4.23. The molecule has 42 heavy (non-hydrogen) atoms. The molecule has 8 rings (SSSR count). The van der Waals surface area contributed by atoms with Crippen LogP contribution in [0.25, 0.3) is 53.3 Å². The van der Waals surface area contributed by atoms with Crippen molar-refractivity contribution in [3.05, 3.63) is 158 Å². The Morgan fingerprint density at radius 3 is 1.88 bits per heavy atom. The number of hydrogen-bond donors (Lipinski definition) is 0. The fourth-order valence-electron chi connectivity index (χ4n) is 5.94. The molecule has 2 nitrogen and oxygen atoms in total. The molecule has 3 heteroatoms. The molecule has 2 heterocycles. The molecule has 0 N–H and O–H groups in total. The summed E-state index contributed by atoms with van der Waals surface area (Å²) in [6.45, 7) is 0. The molecule has 0 aliphatic carbocycles. The molecule has 8 aromatic rings. The fourth-order valence-corrected chi connectivity index (χ4v) is 7.01. The summed E-state index contributed by atoms with van der Waals surface area (Å²) in [5.41, 5.74) is 8.20. The highest BCUT2D eigenvalue weighted by molar-refractivity contribution is 7.25. The van der Waals surface area contributed by atoms with E-state index in [1.165, 1.54) is 48.5 Å². The van der Waals surface area contributed by atoms with E-state index in [4.69, 9.17) is 4.98 Å². The normalized spacial score (nSPS) is 11.3. The highest BCUT2D eigenvalue weighted by atomic mass is 32.1. The van der Waals surface area contributed by atoms with Crippen LogP contribution in [-0.4, -0.2) is 4.98 Å². The number of anilines is 3. The Labute approximate surface area is 248 Å². The summed E-state index contributed by atoms with van der Waals surface area (Å²) in [5.74, 6) is 0. The van der Waals surface area contributed by atoms with Gasteiger partial charge in [0.15, 0.2) is 0 Å². The van der Waals surface area contributed by atoms with Crippen LogP contribution in [0.1, 0.15) is 0 Å². The summed E-state index contributed by atoms with van der Waals surface area (Å²) in [5, 5.41) is 4.94. The molecule has 0 unspecified atom stereocenters. The minimum atomic E-state index is 1.05. The van der Waals surface area contributed by atoms with Gasteiger partial charge in [-0.2, -0.15) is 0 Å². The lowest BCUT2D eigenvalue weighted by molar-refractivity contribution is 1.29. The largest absolute Gasteiger partial charge is 0.310 e. The van der Waals surface area contributed by atoms with Crippen LogP contribution >= 0.6 is 11.3 Å². The number of hydrogen-bond acceptors (Lipinski definition) is 3. The molecular formula is C39H26N2S. The topological polar surface area (TPSA) is 16.1 Å². The molecule has 0 saturated heterocycles. The second-order valence-electron chi connectivity index (χ2n) is 10.4. The van der Waals surface area contributed by atoms with Crippen molar-refractivity contribution < 1.29 is 0 Å². The zero-order chi connectivity index (χ0) is 27.9. The van der Waals surface area contributed by atoms with E-state index in [1.54, 1.807) is 11.3 Å². The SMILES string of the molecule is c1ccc(-c2ccc(N(c3ccc(-c4cccc5ccccc45)cc3)c3ccnc4sc5ccccc5c34)cc2)cc1. The lowest BCUT2D eigenvalue weighted by Crippen LogP contribution is -2.10. The first-order chi connectivity index (χ1) is 20.8. The van der Waals surface area contributed by atoms with Crippen LogP contribution in [0.3, 0.4) is 0 Å². The van der Waals surface area contributed by atoms with E-state index in [9.17, 15) is 0 Å². The Bertz CT molecular complexity index is 2170. The van der Waals surface area contributed by atoms with E-state index >= 15 is 0 Å². The second kappa shape index (κ2) is 10.3. The standard InChI is InChI=1S/C39H26N2S/c1-2-9-27(10-3-1)28-17-21-31(22-18-28)41(36-25-26-40-39-38(36)35-14-6-7-16-37(35)42-39)32-23-19-30(20-24-32)34-15-8-12-29-11-4-5-13-33(29)34/h1-26H. The molecule has 0 saturated carbocycles. The first-order valence-electron chi connectivity index (χ1n) is 14.1. The van der Waals surface area contributed by atoms with Crippen molar-refractivity contribution in [2.24, 2.45) is 0 Å². The van der Waals surface area contributed by atoms with Crippen molar-refractivity contribution in [3.63, 3.8) is 0 Å². The van der Waals surface area contributed by atoms with E-state index in [-0.39, 0.29) is 0 Å². The molecule has 0 spiro atoms. The van der Waals surface area contributed by atoms with Gasteiger partial charge >= 0.3 is 0 Å². The van der Waals surface area contributed by atoms with Crippen LogP contribution in [-0.2, 0) is 0 Å². The molecule has 198 valence electrons. The van der Waals surface area contributed by atoms with Crippen LogP contribution < -0.4 is 4.90 Å². The predicted octanol–water partition coefficient (Wildman–Crippen LogP) is 11.4. The molecule has 0 fully saturated rings. The van der Waals surface area contributed by atoms with Crippen LogP contribution in [0, 0.1) is 0 Å². The Balaban J connectivity index is 1.29. The van der Waals surface area contributed by atoms with Crippen molar-refractivity contribution in [1.29, 1.82) is 0 Å². The molecule has 0 atom stereocenters. The predicted molar refractivity (Wildman–Crippen MR) is 180 cm³/mol. The molecule has 0 radical (unpaired) electrons. The number of benzene rings is 6. The lowest BCUT2D eigenvalue weighted by atomic mass is 9.98. The molecule has 2 aromatic heterocycles. The minimum absolute atomic E-state index is 1.05. The van der Waals surface area contributed by atoms with Crippen molar-refractivity contribution in [2.45, 2.75) is 0 Å². The first-order valence-corrected chi connectivity index (χ1v) is 15.0. The van der Waals surface area contributed by atoms with E-state index < -0.39 is 0 Å². The van der Waals surface area contributed by atoms with Gasteiger partial charge in [0, 0.05) is 33.0 Å². The highest BCUT2D eigenvalue weighted by Gasteiger charge is 2.19. The highest BCUT2D eigenvalue weighted by Crippen LogP contribution is 2.44. The van der Waals surface area contributed by atoms with E-state index in [1.807, 2.05) is 6.20 Å². The van der Waals surface area contributed by atoms with Crippen LogP contribution in [0.4, 0.5) is 17.1 Å². The van der Waals surface area contributed by atoms with E-state index in [2.05, 4.69) is 157 Å². The molecular weight excluding hydrogens is 529 g/mol. The second-order valence-corrected chi connectivity index (χ2v) is 11.5. The smallest absolute Gasteiger partial charge is 0.126 e. The monoisotopic (exact) mass is 554 g/mol. The summed E-state index contributed by atoms with van der Waals surface area (Å²) >= 11 is 1.75. The fraction of sp³-hybridized carbons (Fsp3) is 0. The number of pyridine rings is 1. The number of aromatic nitrogens is 1. The Hall–Kier alpha value is -5.25. The van der Waals surface area contributed by atoms with E-state index in [0.29, 0.717) is 0 Å². The van der Waals surface area contributed by atoms with Gasteiger partial charge in [0.25, 0.3) is 0 Å². The average molecular weight is 555 g/mol. The number of thiophene rings is 1. The number of rotatable bonds is 5. The average Bonchev–Trinajstić information content (AvgIpc) is 3.45. The quantitative estimate of drug-likeness (QED) is 0.210. The molecule has 0 aliphatic heterocycles. The summed E-state index contributed by atoms with van der Waals surface area (Å²) in [6.07, 6.45) is 1.93. The molecule has 6 aromatic carbocycles. The summed E-state index contributed by atoms with van der Waals surface area (Å²) < 4.78 is 1.25. The van der Waals surface area contributed by atoms with Crippen LogP contribution in [0.2, 0.25) is 0 Å². The molecule has 0 bridgehead atoms. The third-order valence-electron chi connectivity index (χ3n) is 7.96. The van der Waals surface area contributed by atoms with Gasteiger partial charge in [-0.15, -0.1) is 11.3 Å². The van der Waals surface area contributed by atoms with Crippen molar-refractivity contribution in [2.75, 3.05) is 4.90 Å². The Kier molecular flexibility index (Phi) is 6.02. The van der Waals surface area contributed by atoms with Gasteiger partial charge in [0.2, 0.25) is 0 Å². The van der Waals surface area contributed by atoms with Gasteiger partial charge in [-0.05, 0) is 69.4 Å². The molecule has 0 amide bonds. The van der Waals surface area contributed by atoms with Gasteiger partial charge in [-0.3, -0.25) is 0 Å². The zero-order valence-corrected chi connectivity index (χ0v) is 23.6. The third-order valence-corrected chi connectivity index (χ3v) is 9.04. The van der Waals surface area contributed by atoms with E-state index in [0.717, 1.165) is 21.9 Å². The summed E-state index contributed by atoms with van der Waals surface area (Å²) in [7, 11) is 0. The van der Waals surface area contributed by atoms with Crippen LogP contribution in [0.5, 0.6) is 0 Å². The number of nitrogens with zero attached hydrogens (tertiary/aromatic N) is 2. The zero-order valence-electron chi connectivity index (χ0n) is 22.8. The van der Waals surface area contributed by atoms with Crippen molar-refractivity contribution in [3.8, 4) is 22.3 Å². The van der Waals surface area contributed by atoms with Crippen molar-refractivity contribution in [1.82, 2.24) is 4.98 Å². The van der Waals surface area contributed by atoms with Gasteiger partial charge in [-0.1, -0.05) is 115 Å². The van der Waals surface area contributed by atoms with Gasteiger partial charge < -0.3 is 4.90 Å². The Morgan fingerprint density at radius 2 is 1.10 bits per heavy atom. The van der Waals surface area contributed by atoms with Gasteiger partial charge in [0.05, 0.1) is 5.69 Å². The Morgan fingerprint density at radius 1 is 0.476 bits per heavy atom. The maximum absolute atomic E-state index is 4.78.